The van der Waals surface area contributed by atoms with E-state index < -0.39 is 0 Å². The van der Waals surface area contributed by atoms with Crippen LogP contribution < -0.4 is 0 Å². The Morgan fingerprint density at radius 1 is 0.316 bits per heavy atom. The third-order valence-electron chi connectivity index (χ3n) is 11.5. The van der Waals surface area contributed by atoms with Crippen molar-refractivity contribution in [1.82, 2.24) is 19.5 Å². The van der Waals surface area contributed by atoms with Crippen molar-refractivity contribution in [3.8, 4) is 73.2 Å². The van der Waals surface area contributed by atoms with E-state index in [9.17, 15) is 0 Å². The van der Waals surface area contributed by atoms with Crippen molar-refractivity contribution in [1.29, 1.82) is 0 Å². The molecule has 0 unspecified atom stereocenters. The zero-order chi connectivity index (χ0) is 37.5. The van der Waals surface area contributed by atoms with Gasteiger partial charge in [-0.3, -0.25) is 0 Å². The fourth-order valence-corrected chi connectivity index (χ4v) is 8.93. The number of rotatable bonds is 5. The quantitative estimate of drug-likeness (QED) is 0.177. The first-order valence-corrected chi connectivity index (χ1v) is 19.4. The highest BCUT2D eigenvalue weighted by atomic mass is 15.0. The van der Waals surface area contributed by atoms with Gasteiger partial charge < -0.3 is 4.57 Å². The Morgan fingerprint density at radius 2 is 0.842 bits per heavy atom. The van der Waals surface area contributed by atoms with E-state index in [4.69, 9.17) is 15.0 Å². The summed E-state index contributed by atoms with van der Waals surface area (Å²) < 4.78 is 2.46. The number of nitrogens with zero attached hydrogens (tertiary/aromatic N) is 4. The van der Waals surface area contributed by atoms with Crippen LogP contribution in [0.5, 0.6) is 0 Å². The average Bonchev–Trinajstić information content (AvgIpc) is 3.79. The van der Waals surface area contributed by atoms with Crippen LogP contribution >= 0.6 is 0 Å². The van der Waals surface area contributed by atoms with E-state index in [-0.39, 0.29) is 0 Å². The van der Waals surface area contributed by atoms with Crippen LogP contribution in [-0.2, 0) is 0 Å². The van der Waals surface area contributed by atoms with Gasteiger partial charge in [0.25, 0.3) is 0 Å². The van der Waals surface area contributed by atoms with Crippen molar-refractivity contribution in [2.24, 2.45) is 0 Å². The highest BCUT2D eigenvalue weighted by Gasteiger charge is 2.27. The van der Waals surface area contributed by atoms with E-state index in [2.05, 4.69) is 138 Å². The van der Waals surface area contributed by atoms with Crippen molar-refractivity contribution >= 4 is 43.4 Å². The van der Waals surface area contributed by atoms with Crippen LogP contribution in [0, 0.1) is 0 Å². The van der Waals surface area contributed by atoms with Gasteiger partial charge in [-0.1, -0.05) is 164 Å². The normalized spacial score (nSPS) is 11.9. The first-order valence-electron chi connectivity index (χ1n) is 19.4. The molecule has 264 valence electrons. The lowest BCUT2D eigenvalue weighted by atomic mass is 9.92. The summed E-state index contributed by atoms with van der Waals surface area (Å²) in [4.78, 5) is 14.9. The van der Waals surface area contributed by atoms with E-state index in [0.29, 0.717) is 17.5 Å². The number of benzene rings is 9. The predicted molar refractivity (Wildman–Crippen MR) is 235 cm³/mol. The summed E-state index contributed by atoms with van der Waals surface area (Å²) in [5.74, 6) is 1.95. The van der Waals surface area contributed by atoms with E-state index >= 15 is 0 Å². The van der Waals surface area contributed by atoms with Crippen LogP contribution in [0.4, 0.5) is 0 Å². The maximum Gasteiger partial charge on any atom is 0.164 e. The Morgan fingerprint density at radius 3 is 1.53 bits per heavy atom. The number of fused-ring (bicyclic) bond motifs is 7. The molecule has 0 saturated carbocycles. The van der Waals surface area contributed by atoms with Crippen molar-refractivity contribution in [3.63, 3.8) is 0 Å². The zero-order valence-corrected chi connectivity index (χ0v) is 30.8. The first kappa shape index (κ1) is 31.6. The molecule has 1 aliphatic rings. The number of para-hydroxylation sites is 1. The molecule has 0 radical (unpaired) electrons. The molecule has 9 aromatic carbocycles. The van der Waals surface area contributed by atoms with Gasteiger partial charge in [0.1, 0.15) is 0 Å². The van der Waals surface area contributed by atoms with E-state index in [1.165, 1.54) is 71.2 Å². The third kappa shape index (κ3) is 4.98. The fraction of sp³-hybridized carbons (Fsp3) is 0. The topological polar surface area (TPSA) is 43.6 Å². The Kier molecular flexibility index (Phi) is 6.89. The second kappa shape index (κ2) is 12.4. The molecule has 0 fully saturated rings. The molecule has 57 heavy (non-hydrogen) atoms. The van der Waals surface area contributed by atoms with Gasteiger partial charge in [-0.05, 0) is 85.3 Å². The largest absolute Gasteiger partial charge is 0.309 e. The minimum Gasteiger partial charge on any atom is -0.309 e. The Bertz CT molecular complexity index is 3320. The molecular weight excluding hydrogens is 693 g/mol. The summed E-state index contributed by atoms with van der Waals surface area (Å²) in [6.45, 7) is 0. The SMILES string of the molecule is c1ccc(-c2nc(-c3ccccc3)nc(-c3ccc(-c4cc(-n5c6ccccc6c6cc7ccccc7cc65)cc5c4-c4cccc6cccc-5c46)cc3)n2)cc1. The van der Waals surface area contributed by atoms with Gasteiger partial charge in [-0.2, -0.15) is 0 Å². The maximum absolute atomic E-state index is 5.01. The molecule has 2 heterocycles. The first-order chi connectivity index (χ1) is 28.2. The summed E-state index contributed by atoms with van der Waals surface area (Å²) in [6, 6.07) is 69.4. The van der Waals surface area contributed by atoms with Crippen molar-refractivity contribution < 1.29 is 0 Å². The number of hydrogen-bond donors (Lipinski definition) is 0. The van der Waals surface area contributed by atoms with Crippen LogP contribution in [0.25, 0.3) is 117 Å². The summed E-state index contributed by atoms with van der Waals surface area (Å²) in [5.41, 5.74) is 13.8. The van der Waals surface area contributed by atoms with Crippen molar-refractivity contribution in [2.75, 3.05) is 0 Å². The lowest BCUT2D eigenvalue weighted by Crippen LogP contribution is -2.00. The van der Waals surface area contributed by atoms with Gasteiger partial charge in [0.05, 0.1) is 11.0 Å². The smallest absolute Gasteiger partial charge is 0.164 e. The van der Waals surface area contributed by atoms with Crippen LogP contribution in [-0.4, -0.2) is 19.5 Å². The average molecular weight is 725 g/mol. The molecular formula is C53H32N4. The van der Waals surface area contributed by atoms with Crippen molar-refractivity contribution in [3.05, 3.63) is 194 Å². The van der Waals surface area contributed by atoms with E-state index in [1.54, 1.807) is 0 Å². The molecule has 2 aromatic heterocycles. The second-order valence-electron chi connectivity index (χ2n) is 14.8. The predicted octanol–water partition coefficient (Wildman–Crippen LogP) is 13.6. The Hall–Kier alpha value is -7.69. The molecule has 0 bridgehead atoms. The Labute approximate surface area is 329 Å². The van der Waals surface area contributed by atoms with Crippen LogP contribution in [0.2, 0.25) is 0 Å². The number of hydrogen-bond acceptors (Lipinski definition) is 3. The summed E-state index contributed by atoms with van der Waals surface area (Å²) in [6.07, 6.45) is 0. The van der Waals surface area contributed by atoms with Gasteiger partial charge in [0.2, 0.25) is 0 Å². The van der Waals surface area contributed by atoms with Gasteiger partial charge in [-0.25, -0.2) is 15.0 Å². The van der Waals surface area contributed by atoms with Crippen LogP contribution in [0.3, 0.4) is 0 Å². The van der Waals surface area contributed by atoms with Gasteiger partial charge in [-0.15, -0.1) is 0 Å². The van der Waals surface area contributed by atoms with E-state index in [1.807, 2.05) is 60.7 Å². The molecule has 0 spiro atoms. The van der Waals surface area contributed by atoms with E-state index in [0.717, 1.165) is 27.9 Å². The lowest BCUT2D eigenvalue weighted by Gasteiger charge is -2.17. The molecule has 4 heteroatoms. The van der Waals surface area contributed by atoms with Gasteiger partial charge >= 0.3 is 0 Å². The standard InChI is InChI=1S/C53H32N4/c1-3-13-35(14-4-1)51-54-52(36-15-5-2-6-16-36)56-53(55-51)37-27-25-33(26-28-37)44-31-40(32-46-42-22-11-19-34-20-12-23-43(49(34)42)50(44)46)57-47-24-10-9-21-41(47)45-29-38-17-7-8-18-39(38)30-48(45)57/h1-32H. The highest BCUT2D eigenvalue weighted by molar-refractivity contribution is 6.19. The summed E-state index contributed by atoms with van der Waals surface area (Å²) >= 11 is 0. The van der Waals surface area contributed by atoms with Gasteiger partial charge in [0.15, 0.2) is 17.5 Å². The van der Waals surface area contributed by atoms with Crippen LogP contribution in [0.15, 0.2) is 194 Å². The minimum atomic E-state index is 0.642. The minimum absolute atomic E-state index is 0.642. The summed E-state index contributed by atoms with van der Waals surface area (Å²) in [5, 5.41) is 7.54. The summed E-state index contributed by atoms with van der Waals surface area (Å²) in [7, 11) is 0. The molecule has 12 rings (SSSR count). The molecule has 4 nitrogen and oxygen atoms in total. The lowest BCUT2D eigenvalue weighted by molar-refractivity contribution is 1.07. The highest BCUT2D eigenvalue weighted by Crippen LogP contribution is 2.52. The second-order valence-corrected chi connectivity index (χ2v) is 14.8. The molecule has 11 aromatic rings. The molecule has 0 amide bonds. The molecule has 0 saturated heterocycles. The monoisotopic (exact) mass is 724 g/mol. The molecule has 1 aliphatic carbocycles. The zero-order valence-electron chi connectivity index (χ0n) is 30.8. The number of aromatic nitrogens is 4. The maximum atomic E-state index is 5.01. The van der Waals surface area contributed by atoms with Crippen LogP contribution in [0.1, 0.15) is 0 Å². The third-order valence-corrected chi connectivity index (χ3v) is 11.5. The molecule has 0 aliphatic heterocycles. The molecule has 0 N–H and O–H groups in total. The Balaban J connectivity index is 1.08. The van der Waals surface area contributed by atoms with Crippen molar-refractivity contribution in [2.45, 2.75) is 0 Å². The fourth-order valence-electron chi connectivity index (χ4n) is 8.93. The molecule has 0 atom stereocenters. The van der Waals surface area contributed by atoms with Gasteiger partial charge in [0, 0.05) is 33.2 Å².